The van der Waals surface area contributed by atoms with Gasteiger partial charge in [0.05, 0.1) is 5.69 Å². The summed E-state index contributed by atoms with van der Waals surface area (Å²) in [5.41, 5.74) is 3.56. The summed E-state index contributed by atoms with van der Waals surface area (Å²) in [7, 11) is 0. The first-order chi connectivity index (χ1) is 14.0. The fourth-order valence-electron chi connectivity index (χ4n) is 3.63. The second-order valence-corrected chi connectivity index (χ2v) is 7.50. The molecule has 3 aromatic rings. The molecule has 1 aromatic carbocycles. The van der Waals surface area contributed by atoms with Crippen molar-refractivity contribution in [2.75, 3.05) is 26.2 Å². The number of halogens is 1. The van der Waals surface area contributed by atoms with Gasteiger partial charge in [0.15, 0.2) is 0 Å². The van der Waals surface area contributed by atoms with Gasteiger partial charge >= 0.3 is 0 Å². The third-order valence-electron chi connectivity index (χ3n) is 5.22. The van der Waals surface area contributed by atoms with Gasteiger partial charge in [-0.15, -0.1) is 0 Å². The van der Waals surface area contributed by atoms with E-state index < -0.39 is 0 Å². The number of aromatic nitrogens is 4. The lowest BCUT2D eigenvalue weighted by Gasteiger charge is -2.34. The molecule has 1 fully saturated rings. The highest BCUT2D eigenvalue weighted by atomic mass is 19.1. The van der Waals surface area contributed by atoms with Crippen LogP contribution in [0.3, 0.4) is 0 Å². The molecule has 7 nitrogen and oxygen atoms in total. The van der Waals surface area contributed by atoms with Gasteiger partial charge in [-0.1, -0.05) is 12.1 Å². The average molecular weight is 396 g/mol. The highest BCUT2D eigenvalue weighted by Gasteiger charge is 2.23. The molecule has 8 heteroatoms. The van der Waals surface area contributed by atoms with Crippen molar-refractivity contribution in [3.63, 3.8) is 0 Å². The summed E-state index contributed by atoms with van der Waals surface area (Å²) in [6, 6.07) is 10.4. The maximum atomic E-state index is 13.0. The third-order valence-corrected chi connectivity index (χ3v) is 5.22. The van der Waals surface area contributed by atoms with Crippen molar-refractivity contribution >= 4 is 5.91 Å². The van der Waals surface area contributed by atoms with E-state index in [0.29, 0.717) is 25.5 Å². The van der Waals surface area contributed by atoms with Gasteiger partial charge in [-0.05, 0) is 43.7 Å². The molecule has 2 aromatic heterocycles. The van der Waals surface area contributed by atoms with Gasteiger partial charge in [0.2, 0.25) is 0 Å². The number of benzene rings is 1. The summed E-state index contributed by atoms with van der Waals surface area (Å²) in [5, 5.41) is 8.87. The fraction of sp³-hybridized carbons (Fsp3) is 0.381. The number of carbonyl (C=O) groups excluding carboxylic acids is 1. The normalized spacial score (nSPS) is 15.1. The van der Waals surface area contributed by atoms with E-state index in [9.17, 15) is 9.18 Å². The summed E-state index contributed by atoms with van der Waals surface area (Å²) in [6.45, 7) is 8.09. The number of hydrogen-bond donors (Lipinski definition) is 0. The summed E-state index contributed by atoms with van der Waals surface area (Å²) in [4.78, 5) is 16.9. The van der Waals surface area contributed by atoms with Gasteiger partial charge in [-0.25, -0.2) is 9.07 Å². The molecule has 0 unspecified atom stereocenters. The fourth-order valence-corrected chi connectivity index (χ4v) is 3.63. The zero-order chi connectivity index (χ0) is 20.4. The maximum Gasteiger partial charge on any atom is 0.274 e. The number of carbonyl (C=O) groups is 1. The van der Waals surface area contributed by atoms with Crippen LogP contribution in [0.5, 0.6) is 0 Å². The van der Waals surface area contributed by atoms with Crippen LogP contribution >= 0.6 is 0 Å². The molecular formula is C21H25FN6O. The van der Waals surface area contributed by atoms with Crippen LogP contribution in [0.1, 0.15) is 27.4 Å². The quantitative estimate of drug-likeness (QED) is 0.664. The molecule has 0 saturated carbocycles. The van der Waals surface area contributed by atoms with Gasteiger partial charge in [0.1, 0.15) is 18.2 Å². The second kappa shape index (κ2) is 8.16. The average Bonchev–Trinajstić information content (AvgIpc) is 3.30. The van der Waals surface area contributed by atoms with Crippen LogP contribution in [0.2, 0.25) is 0 Å². The number of aryl methyl sites for hydroxylation is 2. The van der Waals surface area contributed by atoms with E-state index in [0.717, 1.165) is 36.6 Å². The molecule has 0 radical (unpaired) electrons. The largest absolute Gasteiger partial charge is 0.335 e. The number of rotatable bonds is 5. The molecule has 152 valence electrons. The number of piperazine rings is 1. The van der Waals surface area contributed by atoms with Crippen molar-refractivity contribution in [2.24, 2.45) is 0 Å². The molecule has 1 saturated heterocycles. The Bertz CT molecular complexity index is 985. The minimum absolute atomic E-state index is 0.0430. The predicted octanol–water partition coefficient (Wildman–Crippen LogP) is 2.30. The summed E-state index contributed by atoms with van der Waals surface area (Å²) < 4.78 is 16.6. The SMILES string of the molecule is Cc1cc(C)n(Cn2ccc(C(=O)N3CCN(Cc4ccc(F)cc4)CC3)n2)n1. The van der Waals surface area contributed by atoms with Crippen molar-refractivity contribution in [2.45, 2.75) is 27.1 Å². The van der Waals surface area contributed by atoms with E-state index >= 15 is 0 Å². The van der Waals surface area contributed by atoms with Crippen LogP contribution in [0.25, 0.3) is 0 Å². The molecule has 0 aliphatic carbocycles. The number of hydrogen-bond acceptors (Lipinski definition) is 4. The van der Waals surface area contributed by atoms with Crippen LogP contribution in [0.4, 0.5) is 4.39 Å². The van der Waals surface area contributed by atoms with Gasteiger partial charge in [-0.3, -0.25) is 14.4 Å². The molecule has 0 atom stereocenters. The summed E-state index contributed by atoms with van der Waals surface area (Å²) in [5.74, 6) is -0.264. The Morgan fingerprint density at radius 2 is 1.76 bits per heavy atom. The topological polar surface area (TPSA) is 59.2 Å². The minimum Gasteiger partial charge on any atom is -0.335 e. The molecule has 1 aliphatic rings. The van der Waals surface area contributed by atoms with E-state index in [1.165, 1.54) is 12.1 Å². The molecule has 0 spiro atoms. The third kappa shape index (κ3) is 4.54. The molecule has 4 rings (SSSR count). The van der Waals surface area contributed by atoms with Crippen molar-refractivity contribution in [1.82, 2.24) is 29.4 Å². The van der Waals surface area contributed by atoms with E-state index in [1.54, 1.807) is 10.7 Å². The number of nitrogens with zero attached hydrogens (tertiary/aromatic N) is 6. The second-order valence-electron chi connectivity index (χ2n) is 7.50. The van der Waals surface area contributed by atoms with E-state index in [4.69, 9.17) is 0 Å². The monoisotopic (exact) mass is 396 g/mol. The lowest BCUT2D eigenvalue weighted by molar-refractivity contribution is 0.0621. The first-order valence-electron chi connectivity index (χ1n) is 9.78. The molecular weight excluding hydrogens is 371 g/mol. The first kappa shape index (κ1) is 19.3. The Morgan fingerprint density at radius 3 is 2.41 bits per heavy atom. The Labute approximate surface area is 169 Å². The van der Waals surface area contributed by atoms with E-state index in [-0.39, 0.29) is 11.7 Å². The predicted molar refractivity (Wildman–Crippen MR) is 107 cm³/mol. The van der Waals surface area contributed by atoms with E-state index in [1.807, 2.05) is 47.8 Å². The molecule has 0 bridgehead atoms. The summed E-state index contributed by atoms with van der Waals surface area (Å²) >= 11 is 0. The van der Waals surface area contributed by atoms with Gasteiger partial charge in [0.25, 0.3) is 5.91 Å². The Balaban J connectivity index is 1.32. The van der Waals surface area contributed by atoms with E-state index in [2.05, 4.69) is 15.1 Å². The molecule has 1 aliphatic heterocycles. The Kier molecular flexibility index (Phi) is 5.44. The molecule has 0 N–H and O–H groups in total. The Morgan fingerprint density at radius 1 is 1.03 bits per heavy atom. The minimum atomic E-state index is -0.221. The highest BCUT2D eigenvalue weighted by molar-refractivity contribution is 5.92. The smallest absolute Gasteiger partial charge is 0.274 e. The molecule has 3 heterocycles. The van der Waals surface area contributed by atoms with Crippen molar-refractivity contribution < 1.29 is 9.18 Å². The molecule has 29 heavy (non-hydrogen) atoms. The van der Waals surface area contributed by atoms with Crippen molar-refractivity contribution in [3.8, 4) is 0 Å². The van der Waals surface area contributed by atoms with Crippen LogP contribution in [0, 0.1) is 19.7 Å². The lowest BCUT2D eigenvalue weighted by Crippen LogP contribution is -2.48. The summed E-state index contributed by atoms with van der Waals surface area (Å²) in [6.07, 6.45) is 1.81. The highest BCUT2D eigenvalue weighted by Crippen LogP contribution is 2.12. The van der Waals surface area contributed by atoms with Crippen LogP contribution < -0.4 is 0 Å². The van der Waals surface area contributed by atoms with Gasteiger partial charge in [-0.2, -0.15) is 10.2 Å². The van der Waals surface area contributed by atoms with Crippen LogP contribution in [-0.2, 0) is 13.2 Å². The van der Waals surface area contributed by atoms with Crippen molar-refractivity contribution in [1.29, 1.82) is 0 Å². The van der Waals surface area contributed by atoms with Crippen LogP contribution in [0.15, 0.2) is 42.6 Å². The zero-order valence-corrected chi connectivity index (χ0v) is 16.8. The maximum absolute atomic E-state index is 13.0. The van der Waals surface area contributed by atoms with Crippen LogP contribution in [-0.4, -0.2) is 61.4 Å². The van der Waals surface area contributed by atoms with Crippen molar-refractivity contribution in [3.05, 3.63) is 71.1 Å². The number of amides is 1. The first-order valence-corrected chi connectivity index (χ1v) is 9.78. The Hall–Kier alpha value is -3.00. The standard InChI is InChI=1S/C21H25FN6O/c1-16-13-17(2)28(23-16)15-27-8-7-20(24-27)21(29)26-11-9-25(10-12-26)14-18-3-5-19(22)6-4-18/h3-8,13H,9-12,14-15H2,1-2H3. The lowest BCUT2D eigenvalue weighted by atomic mass is 10.2. The molecule has 1 amide bonds. The van der Waals surface area contributed by atoms with Gasteiger partial charge in [0, 0.05) is 44.6 Å². The zero-order valence-electron chi connectivity index (χ0n) is 16.8. The van der Waals surface area contributed by atoms with Gasteiger partial charge < -0.3 is 4.90 Å².